The first kappa shape index (κ1) is 9.52. The fourth-order valence-electron chi connectivity index (χ4n) is 1.43. The molecule has 0 aliphatic carbocycles. The number of nitrogens with one attached hydrogen (secondary N) is 1. The summed E-state index contributed by atoms with van der Waals surface area (Å²) < 4.78 is 6.25. The molecular formula is C10H11BrN2O. The van der Waals surface area contributed by atoms with Gasteiger partial charge in [-0.25, -0.2) is 4.98 Å². The Balaban J connectivity index is 2.71. The van der Waals surface area contributed by atoms with Crippen molar-refractivity contribution < 1.29 is 4.74 Å². The van der Waals surface area contributed by atoms with Crippen LogP contribution in [0, 0.1) is 0 Å². The van der Waals surface area contributed by atoms with E-state index in [4.69, 9.17) is 4.74 Å². The van der Waals surface area contributed by atoms with Gasteiger partial charge in [-0.2, -0.15) is 0 Å². The summed E-state index contributed by atoms with van der Waals surface area (Å²) in [5, 5.41) is 0. The summed E-state index contributed by atoms with van der Waals surface area (Å²) in [5.74, 6) is 1.78. The number of hydrogen-bond donors (Lipinski definition) is 1. The molecule has 0 amide bonds. The molecule has 1 aromatic carbocycles. The van der Waals surface area contributed by atoms with E-state index in [1.165, 1.54) is 0 Å². The number of benzene rings is 1. The Bertz CT molecular complexity index is 464. The first-order chi connectivity index (χ1) is 6.74. The van der Waals surface area contributed by atoms with Gasteiger partial charge >= 0.3 is 0 Å². The largest absolute Gasteiger partial charge is 0.494 e. The molecule has 0 bridgehead atoms. The fraction of sp³-hybridized carbons (Fsp3) is 0.300. The number of H-pyrrole nitrogens is 1. The van der Waals surface area contributed by atoms with Crippen LogP contribution in [-0.2, 0) is 6.42 Å². The van der Waals surface area contributed by atoms with Gasteiger partial charge in [0.25, 0.3) is 0 Å². The maximum atomic E-state index is 5.25. The first-order valence-electron chi connectivity index (χ1n) is 4.46. The van der Waals surface area contributed by atoms with Crippen LogP contribution >= 0.6 is 15.9 Å². The van der Waals surface area contributed by atoms with E-state index >= 15 is 0 Å². The van der Waals surface area contributed by atoms with Gasteiger partial charge in [0.15, 0.2) is 0 Å². The number of nitrogens with zero attached hydrogens (tertiary/aromatic N) is 1. The summed E-state index contributed by atoms with van der Waals surface area (Å²) in [5.41, 5.74) is 1.90. The predicted octanol–water partition coefficient (Wildman–Crippen LogP) is 2.90. The summed E-state index contributed by atoms with van der Waals surface area (Å²) in [6, 6.07) is 3.92. The third-order valence-corrected chi connectivity index (χ3v) is 2.58. The lowest BCUT2D eigenvalue weighted by Gasteiger charge is -2.00. The Morgan fingerprint density at radius 3 is 2.93 bits per heavy atom. The van der Waals surface area contributed by atoms with E-state index in [0.717, 1.165) is 33.5 Å². The number of hydrogen-bond acceptors (Lipinski definition) is 2. The van der Waals surface area contributed by atoms with E-state index in [9.17, 15) is 0 Å². The Labute approximate surface area is 90.6 Å². The van der Waals surface area contributed by atoms with E-state index in [2.05, 4.69) is 32.8 Å². The minimum Gasteiger partial charge on any atom is -0.494 e. The summed E-state index contributed by atoms with van der Waals surface area (Å²) in [6.45, 7) is 2.07. The quantitative estimate of drug-likeness (QED) is 0.895. The number of ether oxygens (including phenoxy) is 1. The van der Waals surface area contributed by atoms with Crippen molar-refractivity contribution in [2.24, 2.45) is 0 Å². The molecule has 0 radical (unpaired) electrons. The van der Waals surface area contributed by atoms with Gasteiger partial charge in [-0.15, -0.1) is 0 Å². The van der Waals surface area contributed by atoms with Crippen LogP contribution in [0.25, 0.3) is 11.0 Å². The molecule has 1 N–H and O–H groups in total. The Morgan fingerprint density at radius 2 is 2.29 bits per heavy atom. The van der Waals surface area contributed by atoms with Crippen molar-refractivity contribution in [3.8, 4) is 5.75 Å². The molecule has 0 atom stereocenters. The SMILES string of the molecule is CCc1nc2c(OC)cc(Br)cc2[nH]1. The topological polar surface area (TPSA) is 37.9 Å². The standard InChI is InChI=1S/C10H11BrN2O/c1-3-9-12-7-4-6(11)5-8(14-2)10(7)13-9/h4-5H,3H2,1-2H3,(H,12,13). The second-order valence-electron chi connectivity index (χ2n) is 3.04. The predicted molar refractivity (Wildman–Crippen MR) is 59.7 cm³/mol. The maximum Gasteiger partial charge on any atom is 0.147 e. The van der Waals surface area contributed by atoms with Gasteiger partial charge in [-0.05, 0) is 12.1 Å². The molecule has 1 aromatic heterocycles. The van der Waals surface area contributed by atoms with Crippen LogP contribution in [0.2, 0.25) is 0 Å². The van der Waals surface area contributed by atoms with Crippen LogP contribution in [0.3, 0.4) is 0 Å². The molecule has 0 aliphatic heterocycles. The maximum absolute atomic E-state index is 5.25. The van der Waals surface area contributed by atoms with Crippen molar-refractivity contribution in [3.05, 3.63) is 22.4 Å². The number of methoxy groups -OCH3 is 1. The number of aromatic nitrogens is 2. The molecule has 14 heavy (non-hydrogen) atoms. The van der Waals surface area contributed by atoms with Crippen LogP contribution in [0.15, 0.2) is 16.6 Å². The number of imidazole rings is 1. The Morgan fingerprint density at radius 1 is 1.50 bits per heavy atom. The number of fused-ring (bicyclic) bond motifs is 1. The lowest BCUT2D eigenvalue weighted by Crippen LogP contribution is -1.84. The molecule has 74 valence electrons. The summed E-state index contributed by atoms with van der Waals surface area (Å²) in [6.07, 6.45) is 0.898. The van der Waals surface area contributed by atoms with Crippen molar-refractivity contribution in [3.63, 3.8) is 0 Å². The molecule has 0 aliphatic rings. The fourth-order valence-corrected chi connectivity index (χ4v) is 1.86. The highest BCUT2D eigenvalue weighted by molar-refractivity contribution is 9.10. The van der Waals surface area contributed by atoms with Crippen LogP contribution in [-0.4, -0.2) is 17.1 Å². The van der Waals surface area contributed by atoms with Crippen LogP contribution in [0.4, 0.5) is 0 Å². The number of aryl methyl sites for hydroxylation is 1. The molecule has 0 saturated heterocycles. The highest BCUT2D eigenvalue weighted by atomic mass is 79.9. The molecule has 0 fully saturated rings. The van der Waals surface area contributed by atoms with Crippen molar-refractivity contribution in [1.82, 2.24) is 9.97 Å². The summed E-state index contributed by atoms with van der Waals surface area (Å²) in [4.78, 5) is 7.68. The molecule has 0 spiro atoms. The second-order valence-corrected chi connectivity index (χ2v) is 3.96. The Kier molecular flexibility index (Phi) is 2.46. The number of halogens is 1. The zero-order chi connectivity index (χ0) is 10.1. The highest BCUT2D eigenvalue weighted by Crippen LogP contribution is 2.28. The molecule has 1 heterocycles. The normalized spacial score (nSPS) is 10.8. The molecule has 3 nitrogen and oxygen atoms in total. The highest BCUT2D eigenvalue weighted by Gasteiger charge is 2.08. The van der Waals surface area contributed by atoms with Gasteiger partial charge in [0.2, 0.25) is 0 Å². The molecule has 2 aromatic rings. The van der Waals surface area contributed by atoms with Crippen LogP contribution < -0.4 is 4.74 Å². The van der Waals surface area contributed by atoms with Gasteiger partial charge in [-0.1, -0.05) is 22.9 Å². The molecule has 2 rings (SSSR count). The van der Waals surface area contributed by atoms with Crippen molar-refractivity contribution >= 4 is 27.0 Å². The lowest BCUT2D eigenvalue weighted by atomic mass is 10.3. The van der Waals surface area contributed by atoms with Gasteiger partial charge in [0.1, 0.15) is 17.1 Å². The average molecular weight is 255 g/mol. The first-order valence-corrected chi connectivity index (χ1v) is 5.26. The molecule has 0 saturated carbocycles. The molecule has 0 unspecified atom stereocenters. The van der Waals surface area contributed by atoms with E-state index in [-0.39, 0.29) is 0 Å². The minimum atomic E-state index is 0.797. The monoisotopic (exact) mass is 254 g/mol. The third-order valence-electron chi connectivity index (χ3n) is 2.12. The third kappa shape index (κ3) is 1.50. The van der Waals surface area contributed by atoms with E-state index in [1.54, 1.807) is 7.11 Å². The van der Waals surface area contributed by atoms with E-state index in [0.29, 0.717) is 0 Å². The van der Waals surface area contributed by atoms with Crippen molar-refractivity contribution in [1.29, 1.82) is 0 Å². The lowest BCUT2D eigenvalue weighted by molar-refractivity contribution is 0.418. The Hall–Kier alpha value is -1.03. The van der Waals surface area contributed by atoms with E-state index < -0.39 is 0 Å². The van der Waals surface area contributed by atoms with Gasteiger partial charge in [-0.3, -0.25) is 0 Å². The zero-order valence-corrected chi connectivity index (χ0v) is 9.68. The van der Waals surface area contributed by atoms with Gasteiger partial charge < -0.3 is 9.72 Å². The van der Waals surface area contributed by atoms with Crippen LogP contribution in [0.1, 0.15) is 12.7 Å². The average Bonchev–Trinajstić information content (AvgIpc) is 2.59. The second kappa shape index (κ2) is 3.61. The molecule has 4 heteroatoms. The zero-order valence-electron chi connectivity index (χ0n) is 8.10. The summed E-state index contributed by atoms with van der Waals surface area (Å²) in [7, 11) is 1.65. The number of rotatable bonds is 2. The smallest absolute Gasteiger partial charge is 0.147 e. The van der Waals surface area contributed by atoms with Crippen LogP contribution in [0.5, 0.6) is 5.75 Å². The minimum absolute atomic E-state index is 0.797. The summed E-state index contributed by atoms with van der Waals surface area (Å²) >= 11 is 3.43. The van der Waals surface area contributed by atoms with E-state index in [1.807, 2.05) is 12.1 Å². The molecular weight excluding hydrogens is 244 g/mol. The van der Waals surface area contributed by atoms with Gasteiger partial charge in [0, 0.05) is 10.9 Å². The number of aromatic amines is 1. The van der Waals surface area contributed by atoms with Crippen molar-refractivity contribution in [2.45, 2.75) is 13.3 Å². The van der Waals surface area contributed by atoms with Gasteiger partial charge in [0.05, 0.1) is 12.6 Å². The van der Waals surface area contributed by atoms with Crippen molar-refractivity contribution in [2.75, 3.05) is 7.11 Å².